The second-order valence-corrected chi connectivity index (χ2v) is 4.83. The van der Waals surface area contributed by atoms with Crippen LogP contribution in [0.5, 0.6) is 0 Å². The third-order valence-electron chi connectivity index (χ3n) is 3.50. The summed E-state index contributed by atoms with van der Waals surface area (Å²) in [5.41, 5.74) is 0.111. The van der Waals surface area contributed by atoms with E-state index in [1.807, 2.05) is 0 Å². The van der Waals surface area contributed by atoms with Gasteiger partial charge in [-0.3, -0.25) is 4.79 Å². The molecule has 0 aromatic carbocycles. The first-order chi connectivity index (χ1) is 9.24. The normalized spacial score (nSPS) is 16.6. The number of hydrogen-bond acceptors (Lipinski definition) is 3. The first-order valence-corrected chi connectivity index (χ1v) is 6.85. The summed E-state index contributed by atoms with van der Waals surface area (Å²) in [6, 6.07) is 1.46. The summed E-state index contributed by atoms with van der Waals surface area (Å²) in [4.78, 5) is 18.0. The molecule has 0 bridgehead atoms. The van der Waals surface area contributed by atoms with Gasteiger partial charge in [-0.15, -0.1) is 0 Å². The number of rotatable bonds is 2. The molecule has 1 fully saturated rings. The summed E-state index contributed by atoms with van der Waals surface area (Å²) >= 11 is 0. The van der Waals surface area contributed by atoms with Crippen LogP contribution < -0.4 is 5.32 Å². The van der Waals surface area contributed by atoms with Crippen molar-refractivity contribution in [3.05, 3.63) is 23.6 Å². The highest BCUT2D eigenvalue weighted by molar-refractivity contribution is 5.95. The molecule has 4 nitrogen and oxygen atoms in total. The Morgan fingerprint density at radius 3 is 2.53 bits per heavy atom. The Hall–Kier alpha value is -1.65. The lowest BCUT2D eigenvalue weighted by atomic mass is 10.1. The fraction of sp³-hybridized carbons (Fsp3) is 0.571. The zero-order chi connectivity index (χ0) is 13.7. The maximum Gasteiger partial charge on any atom is 0.257 e. The molecule has 104 valence electrons. The lowest BCUT2D eigenvalue weighted by Gasteiger charge is -2.25. The Balaban J connectivity index is 2.17. The summed E-state index contributed by atoms with van der Waals surface area (Å²) in [5, 5.41) is 2.66. The van der Waals surface area contributed by atoms with Gasteiger partial charge in [0.15, 0.2) is 11.6 Å². The molecule has 0 saturated carbocycles. The van der Waals surface area contributed by atoms with Crippen molar-refractivity contribution in [3.63, 3.8) is 0 Å². The number of likely N-dealkylation sites (tertiary alicyclic amines) is 1. The molecule has 1 aromatic heterocycles. The van der Waals surface area contributed by atoms with Crippen LogP contribution in [-0.4, -0.2) is 35.9 Å². The zero-order valence-corrected chi connectivity index (χ0v) is 11.3. The fourth-order valence-corrected chi connectivity index (χ4v) is 2.40. The highest BCUT2D eigenvalue weighted by Gasteiger charge is 2.21. The van der Waals surface area contributed by atoms with Crippen molar-refractivity contribution in [2.45, 2.75) is 32.1 Å². The van der Waals surface area contributed by atoms with Crippen molar-refractivity contribution < 1.29 is 9.18 Å². The maximum atomic E-state index is 14.1. The Morgan fingerprint density at radius 1 is 1.26 bits per heavy atom. The first-order valence-electron chi connectivity index (χ1n) is 6.85. The molecular weight excluding hydrogens is 245 g/mol. The minimum absolute atomic E-state index is 0.111. The van der Waals surface area contributed by atoms with Gasteiger partial charge in [0.05, 0.1) is 5.56 Å². The summed E-state index contributed by atoms with van der Waals surface area (Å²) in [6.07, 6.45) is 6.98. The predicted molar refractivity (Wildman–Crippen MR) is 72.7 cm³/mol. The average molecular weight is 265 g/mol. The molecule has 1 aromatic rings. The summed E-state index contributed by atoms with van der Waals surface area (Å²) in [7, 11) is 1.59. The van der Waals surface area contributed by atoms with Crippen LogP contribution in [0.15, 0.2) is 12.3 Å². The molecule has 0 spiro atoms. The average Bonchev–Trinajstić information content (AvgIpc) is 2.38. The van der Waals surface area contributed by atoms with E-state index >= 15 is 0 Å². The van der Waals surface area contributed by atoms with E-state index in [1.165, 1.54) is 18.7 Å². The van der Waals surface area contributed by atoms with Gasteiger partial charge in [0.2, 0.25) is 0 Å². The van der Waals surface area contributed by atoms with Gasteiger partial charge in [-0.25, -0.2) is 9.37 Å². The number of hydrogen-bond donors (Lipinski definition) is 1. The van der Waals surface area contributed by atoms with Gasteiger partial charge < -0.3 is 10.2 Å². The molecule has 1 aliphatic heterocycles. The van der Waals surface area contributed by atoms with E-state index in [0.29, 0.717) is 0 Å². The van der Waals surface area contributed by atoms with Crippen molar-refractivity contribution in [2.75, 3.05) is 25.5 Å². The monoisotopic (exact) mass is 265 g/mol. The number of carbonyl (C=O) groups is 1. The molecule has 5 heteroatoms. The summed E-state index contributed by atoms with van der Waals surface area (Å²) in [5.74, 6) is -0.659. The van der Waals surface area contributed by atoms with Gasteiger partial charge in [0, 0.05) is 26.3 Å². The predicted octanol–water partition coefficient (Wildman–Crippen LogP) is 2.67. The minimum Gasteiger partial charge on any atom is -0.371 e. The fourth-order valence-electron chi connectivity index (χ4n) is 2.40. The van der Waals surface area contributed by atoms with Crippen LogP contribution in [-0.2, 0) is 0 Å². The molecule has 1 saturated heterocycles. The topological polar surface area (TPSA) is 45.2 Å². The molecule has 1 aliphatic rings. The molecule has 0 aliphatic carbocycles. The van der Waals surface area contributed by atoms with Gasteiger partial charge in [0.25, 0.3) is 5.91 Å². The van der Waals surface area contributed by atoms with Crippen LogP contribution in [0.1, 0.15) is 42.5 Å². The highest BCUT2D eigenvalue weighted by Crippen LogP contribution is 2.18. The van der Waals surface area contributed by atoms with Gasteiger partial charge in [-0.05, 0) is 18.9 Å². The van der Waals surface area contributed by atoms with Crippen LogP contribution in [0.4, 0.5) is 10.2 Å². The summed E-state index contributed by atoms with van der Waals surface area (Å²) < 4.78 is 14.1. The van der Waals surface area contributed by atoms with E-state index in [0.717, 1.165) is 38.8 Å². The lowest BCUT2D eigenvalue weighted by molar-refractivity contribution is 0.0737. The van der Waals surface area contributed by atoms with Gasteiger partial charge in [0.1, 0.15) is 0 Å². The van der Waals surface area contributed by atoms with Crippen molar-refractivity contribution in [1.29, 1.82) is 0 Å². The van der Waals surface area contributed by atoms with Gasteiger partial charge in [-0.1, -0.05) is 19.3 Å². The number of carbonyl (C=O) groups excluding carboxylic acids is 1. The largest absolute Gasteiger partial charge is 0.371 e. The van der Waals surface area contributed by atoms with Crippen molar-refractivity contribution >= 4 is 11.7 Å². The van der Waals surface area contributed by atoms with E-state index in [9.17, 15) is 9.18 Å². The number of nitrogens with one attached hydrogen (secondary N) is 1. The van der Waals surface area contributed by atoms with Crippen LogP contribution in [0.3, 0.4) is 0 Å². The quantitative estimate of drug-likeness (QED) is 0.894. The Morgan fingerprint density at radius 2 is 1.89 bits per heavy atom. The van der Waals surface area contributed by atoms with Crippen molar-refractivity contribution in [2.24, 2.45) is 0 Å². The number of nitrogens with zero attached hydrogens (tertiary/aromatic N) is 2. The van der Waals surface area contributed by atoms with E-state index in [2.05, 4.69) is 10.3 Å². The lowest BCUT2D eigenvalue weighted by Crippen LogP contribution is -2.34. The van der Waals surface area contributed by atoms with Crippen LogP contribution in [0.25, 0.3) is 0 Å². The van der Waals surface area contributed by atoms with Crippen LogP contribution in [0.2, 0.25) is 0 Å². The van der Waals surface area contributed by atoms with Crippen LogP contribution in [0, 0.1) is 5.82 Å². The van der Waals surface area contributed by atoms with Gasteiger partial charge in [-0.2, -0.15) is 0 Å². The zero-order valence-electron chi connectivity index (χ0n) is 11.3. The van der Waals surface area contributed by atoms with Crippen molar-refractivity contribution in [3.8, 4) is 0 Å². The number of pyridine rings is 1. The van der Waals surface area contributed by atoms with E-state index < -0.39 is 5.82 Å². The van der Waals surface area contributed by atoms with Crippen LogP contribution >= 0.6 is 0 Å². The number of aromatic nitrogens is 1. The standard InChI is InChI=1S/C14H20FN3O/c1-16-13-12(15)11(7-8-17-13)14(19)18-9-5-3-2-4-6-10-18/h7-8H,2-6,9-10H2,1H3,(H,16,17). The molecule has 0 radical (unpaired) electrons. The molecule has 1 amide bonds. The second kappa shape index (κ2) is 6.50. The van der Waals surface area contributed by atoms with E-state index in [-0.39, 0.29) is 17.3 Å². The number of amides is 1. The molecular formula is C14H20FN3O. The molecule has 19 heavy (non-hydrogen) atoms. The summed E-state index contributed by atoms with van der Waals surface area (Å²) in [6.45, 7) is 1.44. The Bertz CT molecular complexity index is 442. The first kappa shape index (κ1) is 13.8. The number of anilines is 1. The second-order valence-electron chi connectivity index (χ2n) is 4.83. The molecule has 2 rings (SSSR count). The third-order valence-corrected chi connectivity index (χ3v) is 3.50. The van der Waals surface area contributed by atoms with E-state index in [1.54, 1.807) is 11.9 Å². The Labute approximate surface area is 113 Å². The van der Waals surface area contributed by atoms with E-state index in [4.69, 9.17) is 0 Å². The highest BCUT2D eigenvalue weighted by atomic mass is 19.1. The molecule has 1 N–H and O–H groups in total. The SMILES string of the molecule is CNc1nccc(C(=O)N2CCCCCCC2)c1F. The van der Waals surface area contributed by atoms with Crippen molar-refractivity contribution in [1.82, 2.24) is 9.88 Å². The molecule has 2 heterocycles. The minimum atomic E-state index is -0.558. The maximum absolute atomic E-state index is 14.1. The molecule has 0 unspecified atom stereocenters. The number of halogens is 1. The van der Waals surface area contributed by atoms with Gasteiger partial charge >= 0.3 is 0 Å². The smallest absolute Gasteiger partial charge is 0.257 e. The molecule has 0 atom stereocenters. The Kier molecular flexibility index (Phi) is 4.71. The third kappa shape index (κ3) is 3.22.